The van der Waals surface area contributed by atoms with Crippen molar-refractivity contribution in [2.45, 2.75) is 65.6 Å². The van der Waals surface area contributed by atoms with Crippen molar-refractivity contribution in [1.82, 2.24) is 0 Å². The molecule has 0 aromatic carbocycles. The highest BCUT2D eigenvalue weighted by atomic mass is 16.5. The van der Waals surface area contributed by atoms with Gasteiger partial charge in [0.15, 0.2) is 5.78 Å². The van der Waals surface area contributed by atoms with Crippen LogP contribution in [-0.4, -0.2) is 34.3 Å². The summed E-state index contributed by atoms with van der Waals surface area (Å²) in [5, 5.41) is 11.8. The van der Waals surface area contributed by atoms with Crippen LogP contribution in [0.15, 0.2) is 0 Å². The van der Waals surface area contributed by atoms with Gasteiger partial charge in [-0.15, -0.1) is 0 Å². The summed E-state index contributed by atoms with van der Waals surface area (Å²) in [6, 6.07) is 0. The van der Waals surface area contributed by atoms with Crippen molar-refractivity contribution in [2.24, 2.45) is 28.6 Å². The third-order valence-corrected chi connectivity index (χ3v) is 6.71. The number of esters is 1. The van der Waals surface area contributed by atoms with Crippen molar-refractivity contribution in [3.8, 4) is 0 Å². The monoisotopic (exact) mass is 322 g/mol. The Bertz CT molecular complexity index is 594. The third-order valence-electron chi connectivity index (χ3n) is 6.71. The van der Waals surface area contributed by atoms with Gasteiger partial charge in [0.25, 0.3) is 0 Å². The first kappa shape index (κ1) is 16.6. The minimum Gasteiger partial charge on any atom is -0.462 e. The molecular formula is C18H26O5. The normalized spacial score (nSPS) is 48.1. The number of ketones is 2. The third kappa shape index (κ3) is 1.92. The molecule has 0 aromatic rings. The molecule has 23 heavy (non-hydrogen) atoms. The van der Waals surface area contributed by atoms with E-state index in [4.69, 9.17) is 4.74 Å². The van der Waals surface area contributed by atoms with E-state index in [0.29, 0.717) is 12.8 Å². The summed E-state index contributed by atoms with van der Waals surface area (Å²) in [5.74, 6) is -1.75. The first-order valence-electron chi connectivity index (χ1n) is 8.42. The van der Waals surface area contributed by atoms with E-state index in [0.717, 1.165) is 0 Å². The predicted octanol–water partition coefficient (Wildman–Crippen LogP) is 1.90. The summed E-state index contributed by atoms with van der Waals surface area (Å²) >= 11 is 0. The first-order chi connectivity index (χ1) is 10.4. The fourth-order valence-corrected chi connectivity index (χ4v) is 6.18. The summed E-state index contributed by atoms with van der Waals surface area (Å²) in [4.78, 5) is 36.5. The molecule has 0 spiro atoms. The van der Waals surface area contributed by atoms with Crippen LogP contribution in [-0.2, 0) is 19.1 Å². The summed E-state index contributed by atoms with van der Waals surface area (Å²) in [5.41, 5.74) is -2.77. The van der Waals surface area contributed by atoms with Gasteiger partial charge >= 0.3 is 5.97 Å². The summed E-state index contributed by atoms with van der Waals surface area (Å²) in [7, 11) is 0. The van der Waals surface area contributed by atoms with E-state index in [9.17, 15) is 19.5 Å². The fraction of sp³-hybridized carbons (Fsp3) is 0.833. The highest BCUT2D eigenvalue weighted by Crippen LogP contribution is 2.69. The Morgan fingerprint density at radius 1 is 1.26 bits per heavy atom. The van der Waals surface area contributed by atoms with Gasteiger partial charge in [0.1, 0.15) is 6.10 Å². The number of aliphatic hydroxyl groups is 1. The quantitative estimate of drug-likeness (QED) is 0.589. The maximum Gasteiger partial charge on any atom is 0.302 e. The molecular weight excluding hydrogens is 296 g/mol. The van der Waals surface area contributed by atoms with Crippen LogP contribution in [0.3, 0.4) is 0 Å². The van der Waals surface area contributed by atoms with Gasteiger partial charge in [-0.1, -0.05) is 20.8 Å². The molecule has 0 heterocycles. The molecule has 3 rings (SSSR count). The van der Waals surface area contributed by atoms with Gasteiger partial charge in [0.05, 0.1) is 11.0 Å². The van der Waals surface area contributed by atoms with Crippen molar-refractivity contribution < 1.29 is 24.2 Å². The first-order valence-corrected chi connectivity index (χ1v) is 8.42. The predicted molar refractivity (Wildman–Crippen MR) is 82.4 cm³/mol. The Labute approximate surface area is 136 Å². The lowest BCUT2D eigenvalue weighted by atomic mass is 9.50. The van der Waals surface area contributed by atoms with Crippen LogP contribution in [0.2, 0.25) is 0 Å². The Kier molecular flexibility index (Phi) is 3.36. The molecule has 5 nitrogen and oxygen atoms in total. The largest absolute Gasteiger partial charge is 0.462 e. The van der Waals surface area contributed by atoms with Gasteiger partial charge in [-0.3, -0.25) is 14.4 Å². The summed E-state index contributed by atoms with van der Waals surface area (Å²) < 4.78 is 5.55. The van der Waals surface area contributed by atoms with Crippen molar-refractivity contribution in [1.29, 1.82) is 0 Å². The smallest absolute Gasteiger partial charge is 0.302 e. The van der Waals surface area contributed by atoms with Gasteiger partial charge in [-0.2, -0.15) is 0 Å². The molecule has 3 saturated carbocycles. The summed E-state index contributed by atoms with van der Waals surface area (Å²) in [6.45, 7) is 9.08. The Morgan fingerprint density at radius 2 is 1.87 bits per heavy atom. The number of carbonyl (C=O) groups is 3. The number of hydrogen-bond donors (Lipinski definition) is 1. The van der Waals surface area contributed by atoms with Crippen LogP contribution >= 0.6 is 0 Å². The molecule has 0 saturated heterocycles. The molecule has 3 fully saturated rings. The molecule has 0 amide bonds. The molecule has 128 valence electrons. The molecule has 0 unspecified atom stereocenters. The van der Waals surface area contributed by atoms with Crippen molar-refractivity contribution >= 4 is 17.5 Å². The van der Waals surface area contributed by atoms with Crippen LogP contribution < -0.4 is 0 Å². The zero-order valence-electron chi connectivity index (χ0n) is 14.5. The standard InChI is InChI=1S/C18H26O5/c1-9-6-13(23-10(2)19)14-16(3,4)8-17(5)15(21)12(20)7-11(9)18(14,17)22/h9,11,13-14,22H,6-8H2,1-5H3/t9-,11+,13+,14+,17-,18-/m1/s1. The van der Waals surface area contributed by atoms with Gasteiger partial charge in [0, 0.05) is 19.3 Å². The minimum atomic E-state index is -1.29. The number of rotatable bonds is 1. The number of ether oxygens (including phenoxy) is 1. The second-order valence-electron chi connectivity index (χ2n) is 8.72. The van der Waals surface area contributed by atoms with Gasteiger partial charge < -0.3 is 9.84 Å². The van der Waals surface area contributed by atoms with Gasteiger partial charge in [0.2, 0.25) is 5.78 Å². The lowest BCUT2D eigenvalue weighted by Crippen LogP contribution is -2.68. The highest BCUT2D eigenvalue weighted by Gasteiger charge is 2.76. The molecule has 0 radical (unpaired) electrons. The van der Waals surface area contributed by atoms with E-state index in [1.807, 2.05) is 20.8 Å². The molecule has 0 aromatic heterocycles. The molecule has 1 N–H and O–H groups in total. The van der Waals surface area contributed by atoms with Crippen molar-refractivity contribution in [3.63, 3.8) is 0 Å². The van der Waals surface area contributed by atoms with Gasteiger partial charge in [-0.05, 0) is 37.0 Å². The zero-order chi connectivity index (χ0) is 17.4. The Hall–Kier alpha value is -1.23. The highest BCUT2D eigenvalue weighted by molar-refractivity contribution is 6.40. The van der Waals surface area contributed by atoms with E-state index < -0.39 is 22.9 Å². The van der Waals surface area contributed by atoms with Crippen LogP contribution in [0.1, 0.15) is 53.9 Å². The molecule has 3 aliphatic carbocycles. The maximum atomic E-state index is 12.7. The Morgan fingerprint density at radius 3 is 2.43 bits per heavy atom. The average molecular weight is 322 g/mol. The van der Waals surface area contributed by atoms with Crippen molar-refractivity contribution in [3.05, 3.63) is 0 Å². The Balaban J connectivity index is 2.17. The van der Waals surface area contributed by atoms with Crippen LogP contribution in [0.5, 0.6) is 0 Å². The molecule has 6 atom stereocenters. The lowest BCUT2D eigenvalue weighted by Gasteiger charge is -2.57. The van der Waals surface area contributed by atoms with E-state index in [-0.39, 0.29) is 41.3 Å². The SMILES string of the molecule is CC(=O)O[C@H]1C[C@@H](C)[C@@H]2CC(=O)C(=O)[C@@]3(C)CC(C)(C)[C@H]1[C@]23O. The fourth-order valence-electron chi connectivity index (χ4n) is 6.18. The number of carbonyl (C=O) groups excluding carboxylic acids is 3. The molecule has 0 aliphatic heterocycles. The maximum absolute atomic E-state index is 12.7. The lowest BCUT2D eigenvalue weighted by molar-refractivity contribution is -0.219. The van der Waals surface area contributed by atoms with Crippen LogP contribution in [0.25, 0.3) is 0 Å². The van der Waals surface area contributed by atoms with Gasteiger partial charge in [-0.25, -0.2) is 0 Å². The average Bonchev–Trinajstić information content (AvgIpc) is 2.56. The topological polar surface area (TPSA) is 80.7 Å². The van der Waals surface area contributed by atoms with E-state index in [1.54, 1.807) is 6.92 Å². The van der Waals surface area contributed by atoms with E-state index in [1.165, 1.54) is 6.92 Å². The second kappa shape index (κ2) is 4.65. The van der Waals surface area contributed by atoms with Crippen LogP contribution in [0, 0.1) is 28.6 Å². The molecule has 3 aliphatic rings. The minimum absolute atomic E-state index is 0.0193. The van der Waals surface area contributed by atoms with E-state index >= 15 is 0 Å². The zero-order valence-corrected chi connectivity index (χ0v) is 14.5. The van der Waals surface area contributed by atoms with E-state index in [2.05, 4.69) is 0 Å². The summed E-state index contributed by atoms with van der Waals surface area (Å²) in [6.07, 6.45) is 0.748. The number of hydrogen-bond acceptors (Lipinski definition) is 5. The molecule has 0 bridgehead atoms. The van der Waals surface area contributed by atoms with Crippen LogP contribution in [0.4, 0.5) is 0 Å². The van der Waals surface area contributed by atoms with Crippen molar-refractivity contribution in [2.75, 3.05) is 0 Å². The number of Topliss-reactive ketones (excluding diaryl/α,β-unsaturated/α-hetero) is 2. The second-order valence-corrected chi connectivity index (χ2v) is 8.72. The molecule has 5 heteroatoms.